The van der Waals surface area contributed by atoms with Crippen LogP contribution in [-0.2, 0) is 13.0 Å². The molecule has 5 nitrogen and oxygen atoms in total. The number of benzene rings is 1. The molecule has 2 aromatic rings. The number of rotatable bonds is 9. The Kier molecular flexibility index (Phi) is 6.05. The number of nitrogens with zero attached hydrogens (tertiary/aromatic N) is 2. The SMILES string of the molecule is CCCCOc1ccc(CNCCc2ncno2)cc1. The van der Waals surface area contributed by atoms with Gasteiger partial charge in [0.05, 0.1) is 6.61 Å². The van der Waals surface area contributed by atoms with Gasteiger partial charge in [0, 0.05) is 19.5 Å². The predicted octanol–water partition coefficient (Wildman–Crippen LogP) is 2.58. The Morgan fingerprint density at radius 1 is 1.25 bits per heavy atom. The van der Waals surface area contributed by atoms with Crippen LogP contribution in [0.5, 0.6) is 5.75 Å². The van der Waals surface area contributed by atoms with Gasteiger partial charge in [0.1, 0.15) is 5.75 Å². The largest absolute Gasteiger partial charge is 0.494 e. The number of nitrogens with one attached hydrogen (secondary N) is 1. The maximum Gasteiger partial charge on any atom is 0.227 e. The fraction of sp³-hybridized carbons (Fsp3) is 0.467. The van der Waals surface area contributed by atoms with Crippen molar-refractivity contribution in [2.24, 2.45) is 0 Å². The lowest BCUT2D eigenvalue weighted by atomic mass is 10.2. The number of ether oxygens (including phenoxy) is 1. The Morgan fingerprint density at radius 3 is 2.80 bits per heavy atom. The average molecular weight is 275 g/mol. The van der Waals surface area contributed by atoms with Crippen molar-refractivity contribution in [3.05, 3.63) is 42.0 Å². The molecular weight excluding hydrogens is 254 g/mol. The van der Waals surface area contributed by atoms with E-state index in [1.165, 1.54) is 11.9 Å². The molecule has 0 atom stereocenters. The highest BCUT2D eigenvalue weighted by atomic mass is 16.5. The Balaban J connectivity index is 1.65. The first-order valence-corrected chi connectivity index (χ1v) is 7.06. The highest BCUT2D eigenvalue weighted by Crippen LogP contribution is 2.12. The zero-order chi connectivity index (χ0) is 14.0. The molecule has 0 fully saturated rings. The van der Waals surface area contributed by atoms with E-state index in [-0.39, 0.29) is 0 Å². The zero-order valence-corrected chi connectivity index (χ0v) is 11.8. The minimum Gasteiger partial charge on any atom is -0.494 e. The highest BCUT2D eigenvalue weighted by Gasteiger charge is 1.99. The van der Waals surface area contributed by atoms with Crippen LogP contribution in [0.3, 0.4) is 0 Å². The smallest absolute Gasteiger partial charge is 0.227 e. The third kappa shape index (κ3) is 5.01. The maximum absolute atomic E-state index is 5.63. The van der Waals surface area contributed by atoms with Crippen molar-refractivity contribution in [1.82, 2.24) is 15.5 Å². The van der Waals surface area contributed by atoms with Crippen molar-refractivity contribution in [3.63, 3.8) is 0 Å². The summed E-state index contributed by atoms with van der Waals surface area (Å²) < 4.78 is 10.6. The monoisotopic (exact) mass is 275 g/mol. The molecule has 0 aliphatic heterocycles. The van der Waals surface area contributed by atoms with Crippen molar-refractivity contribution in [3.8, 4) is 5.75 Å². The molecule has 1 aromatic carbocycles. The van der Waals surface area contributed by atoms with Crippen molar-refractivity contribution in [2.75, 3.05) is 13.2 Å². The molecule has 0 aliphatic rings. The normalized spacial score (nSPS) is 10.7. The first-order valence-electron chi connectivity index (χ1n) is 7.06. The number of aromatic nitrogens is 2. The van der Waals surface area contributed by atoms with Gasteiger partial charge in [0.2, 0.25) is 5.89 Å². The summed E-state index contributed by atoms with van der Waals surface area (Å²) in [6.45, 7) is 4.59. The summed E-state index contributed by atoms with van der Waals surface area (Å²) in [5.41, 5.74) is 1.23. The summed E-state index contributed by atoms with van der Waals surface area (Å²) in [6.07, 6.45) is 4.42. The van der Waals surface area contributed by atoms with Crippen LogP contribution in [0.15, 0.2) is 35.1 Å². The molecule has 1 N–H and O–H groups in total. The second kappa shape index (κ2) is 8.32. The van der Waals surface area contributed by atoms with Crippen molar-refractivity contribution < 1.29 is 9.26 Å². The fourth-order valence-electron chi connectivity index (χ4n) is 1.77. The van der Waals surface area contributed by atoms with Gasteiger partial charge in [-0.25, -0.2) is 0 Å². The van der Waals surface area contributed by atoms with Crippen LogP contribution in [0.4, 0.5) is 0 Å². The van der Waals surface area contributed by atoms with Gasteiger partial charge in [-0.2, -0.15) is 4.98 Å². The van der Waals surface area contributed by atoms with E-state index in [9.17, 15) is 0 Å². The van der Waals surface area contributed by atoms with Gasteiger partial charge < -0.3 is 14.6 Å². The summed E-state index contributed by atoms with van der Waals surface area (Å²) in [5, 5.41) is 6.91. The van der Waals surface area contributed by atoms with E-state index in [2.05, 4.69) is 34.5 Å². The summed E-state index contributed by atoms with van der Waals surface area (Å²) in [4.78, 5) is 3.97. The van der Waals surface area contributed by atoms with E-state index in [0.717, 1.165) is 44.7 Å². The molecule has 2 rings (SSSR count). The molecule has 0 radical (unpaired) electrons. The van der Waals surface area contributed by atoms with E-state index in [1.54, 1.807) is 0 Å². The Bertz CT molecular complexity index is 468. The van der Waals surface area contributed by atoms with Gasteiger partial charge in [-0.05, 0) is 24.1 Å². The number of hydrogen-bond acceptors (Lipinski definition) is 5. The molecule has 5 heteroatoms. The molecule has 0 amide bonds. The van der Waals surface area contributed by atoms with Crippen LogP contribution < -0.4 is 10.1 Å². The molecular formula is C15H21N3O2. The maximum atomic E-state index is 5.63. The van der Waals surface area contributed by atoms with E-state index in [0.29, 0.717) is 5.89 Å². The lowest BCUT2D eigenvalue weighted by Gasteiger charge is -2.07. The number of hydrogen-bond donors (Lipinski definition) is 1. The van der Waals surface area contributed by atoms with Gasteiger partial charge in [0.25, 0.3) is 0 Å². The van der Waals surface area contributed by atoms with E-state index in [4.69, 9.17) is 9.26 Å². The van der Waals surface area contributed by atoms with Crippen LogP contribution >= 0.6 is 0 Å². The van der Waals surface area contributed by atoms with Crippen LogP contribution in [0.2, 0.25) is 0 Å². The van der Waals surface area contributed by atoms with Crippen molar-refractivity contribution in [2.45, 2.75) is 32.7 Å². The molecule has 20 heavy (non-hydrogen) atoms. The summed E-state index contributed by atoms with van der Waals surface area (Å²) in [6, 6.07) is 8.21. The summed E-state index contributed by atoms with van der Waals surface area (Å²) in [7, 11) is 0. The minimum absolute atomic E-state index is 0.664. The minimum atomic E-state index is 0.664. The Morgan fingerprint density at radius 2 is 2.10 bits per heavy atom. The van der Waals surface area contributed by atoms with Gasteiger partial charge in [-0.3, -0.25) is 0 Å². The topological polar surface area (TPSA) is 60.2 Å². The predicted molar refractivity (Wildman–Crippen MR) is 76.6 cm³/mol. The average Bonchev–Trinajstić information content (AvgIpc) is 2.99. The quantitative estimate of drug-likeness (QED) is 0.713. The molecule has 0 spiro atoms. The molecule has 0 unspecified atom stereocenters. The summed E-state index contributed by atoms with van der Waals surface area (Å²) in [5.74, 6) is 1.60. The zero-order valence-electron chi connectivity index (χ0n) is 11.8. The molecule has 0 saturated carbocycles. The molecule has 0 aliphatic carbocycles. The fourth-order valence-corrected chi connectivity index (χ4v) is 1.77. The van der Waals surface area contributed by atoms with Crippen LogP contribution in [0.25, 0.3) is 0 Å². The van der Waals surface area contributed by atoms with Crippen molar-refractivity contribution in [1.29, 1.82) is 0 Å². The van der Waals surface area contributed by atoms with Crippen molar-refractivity contribution >= 4 is 0 Å². The van der Waals surface area contributed by atoms with Gasteiger partial charge in [0.15, 0.2) is 6.33 Å². The van der Waals surface area contributed by atoms with Gasteiger partial charge in [-0.15, -0.1) is 0 Å². The third-order valence-corrected chi connectivity index (χ3v) is 2.94. The van der Waals surface area contributed by atoms with Crippen LogP contribution in [0.1, 0.15) is 31.2 Å². The summed E-state index contributed by atoms with van der Waals surface area (Å²) >= 11 is 0. The number of unbranched alkanes of at least 4 members (excludes halogenated alkanes) is 1. The molecule has 0 saturated heterocycles. The van der Waals surface area contributed by atoms with E-state index < -0.39 is 0 Å². The van der Waals surface area contributed by atoms with E-state index >= 15 is 0 Å². The lowest BCUT2D eigenvalue weighted by Crippen LogP contribution is -2.16. The van der Waals surface area contributed by atoms with Gasteiger partial charge in [-0.1, -0.05) is 30.6 Å². The Labute approximate surface area is 119 Å². The second-order valence-electron chi connectivity index (χ2n) is 4.61. The first kappa shape index (κ1) is 14.5. The van der Waals surface area contributed by atoms with Crippen LogP contribution in [-0.4, -0.2) is 23.3 Å². The molecule has 1 aromatic heterocycles. The molecule has 1 heterocycles. The molecule has 108 valence electrons. The Hall–Kier alpha value is -1.88. The first-order chi connectivity index (χ1) is 9.88. The third-order valence-electron chi connectivity index (χ3n) is 2.94. The lowest BCUT2D eigenvalue weighted by molar-refractivity contribution is 0.309. The highest BCUT2D eigenvalue weighted by molar-refractivity contribution is 5.27. The van der Waals surface area contributed by atoms with Crippen LogP contribution in [0, 0.1) is 0 Å². The van der Waals surface area contributed by atoms with E-state index in [1.807, 2.05) is 12.1 Å². The standard InChI is InChI=1S/C15H21N3O2/c1-2-3-10-19-14-6-4-13(5-7-14)11-16-9-8-15-17-12-18-20-15/h4-7,12,16H,2-3,8-11H2,1H3. The van der Waals surface area contributed by atoms with Gasteiger partial charge >= 0.3 is 0 Å². The second-order valence-corrected chi connectivity index (χ2v) is 4.61. The molecule has 0 bridgehead atoms.